The molecule has 0 spiro atoms. The van der Waals surface area contributed by atoms with Gasteiger partial charge in [0.25, 0.3) is 0 Å². The fraction of sp³-hybridized carbons (Fsp3) is 0.417. The van der Waals surface area contributed by atoms with Crippen molar-refractivity contribution in [1.82, 2.24) is 5.32 Å². The predicted octanol–water partition coefficient (Wildman–Crippen LogP) is 2.75. The van der Waals surface area contributed by atoms with Crippen molar-refractivity contribution >= 4 is 33.7 Å². The van der Waals surface area contributed by atoms with Crippen LogP contribution in [0, 0.1) is 0 Å². The minimum Gasteiger partial charge on any atom is -0.480 e. The van der Waals surface area contributed by atoms with E-state index in [4.69, 9.17) is 5.11 Å². The summed E-state index contributed by atoms with van der Waals surface area (Å²) in [5.41, 5.74) is 0. The quantitative estimate of drug-likeness (QED) is 0.793. The van der Waals surface area contributed by atoms with Gasteiger partial charge in [-0.25, -0.2) is 0 Å². The number of halogens is 1. The minimum absolute atomic E-state index is 0.413. The van der Waals surface area contributed by atoms with Gasteiger partial charge in [0.1, 0.15) is 6.04 Å². The van der Waals surface area contributed by atoms with Gasteiger partial charge in [-0.1, -0.05) is 12.1 Å². The van der Waals surface area contributed by atoms with Crippen molar-refractivity contribution in [2.45, 2.75) is 29.8 Å². The first-order valence-corrected chi connectivity index (χ1v) is 7.31. The Kier molecular flexibility index (Phi) is 4.48. The van der Waals surface area contributed by atoms with Gasteiger partial charge in [-0.05, 0) is 40.9 Å². The zero-order chi connectivity index (χ0) is 12.3. The number of benzene rings is 1. The molecule has 0 aliphatic heterocycles. The Morgan fingerprint density at radius 2 is 2.24 bits per heavy atom. The Hall–Kier alpha value is -0.520. The first-order chi connectivity index (χ1) is 8.16. The lowest BCUT2D eigenvalue weighted by Crippen LogP contribution is -2.40. The zero-order valence-corrected chi connectivity index (χ0v) is 11.6. The number of carboxylic acids is 1. The second kappa shape index (κ2) is 5.89. The van der Waals surface area contributed by atoms with E-state index in [0.29, 0.717) is 11.8 Å². The van der Waals surface area contributed by atoms with Crippen molar-refractivity contribution < 1.29 is 9.90 Å². The number of carboxylic acid groups (broad SMARTS) is 1. The Morgan fingerprint density at radius 3 is 2.82 bits per heavy atom. The van der Waals surface area contributed by atoms with Crippen molar-refractivity contribution in [3.8, 4) is 0 Å². The minimum atomic E-state index is -0.767. The molecule has 2 N–H and O–H groups in total. The lowest BCUT2D eigenvalue weighted by Gasteiger charge is -2.13. The topological polar surface area (TPSA) is 49.3 Å². The maximum absolute atomic E-state index is 11.1. The van der Waals surface area contributed by atoms with E-state index >= 15 is 0 Å². The molecule has 1 aliphatic carbocycles. The van der Waals surface area contributed by atoms with E-state index < -0.39 is 12.0 Å². The van der Waals surface area contributed by atoms with Crippen LogP contribution in [0.15, 0.2) is 33.6 Å². The van der Waals surface area contributed by atoms with E-state index in [1.54, 1.807) is 11.8 Å². The van der Waals surface area contributed by atoms with Crippen molar-refractivity contribution in [1.29, 1.82) is 0 Å². The van der Waals surface area contributed by atoms with Crippen LogP contribution in [0.25, 0.3) is 0 Å². The van der Waals surface area contributed by atoms with E-state index in [1.807, 2.05) is 24.3 Å². The first kappa shape index (κ1) is 12.9. The summed E-state index contributed by atoms with van der Waals surface area (Å²) in [7, 11) is 0. The molecule has 0 aromatic heterocycles. The largest absolute Gasteiger partial charge is 0.480 e. The number of carbonyl (C=O) groups is 1. The molecule has 1 aromatic carbocycles. The molecule has 2 rings (SSSR count). The summed E-state index contributed by atoms with van der Waals surface area (Å²) in [4.78, 5) is 12.2. The van der Waals surface area contributed by atoms with Crippen LogP contribution in [-0.2, 0) is 4.79 Å². The summed E-state index contributed by atoms with van der Waals surface area (Å²) in [6, 6.07) is 7.81. The molecule has 1 aliphatic rings. The molecule has 5 heteroatoms. The second-order valence-corrected chi connectivity index (χ2v) is 5.99. The SMILES string of the molecule is O=C(O)C(CSc1ccccc1Br)NC1CC1. The molecule has 0 radical (unpaired) electrons. The fourth-order valence-corrected chi connectivity index (χ4v) is 3.05. The number of rotatable bonds is 6. The van der Waals surface area contributed by atoms with Crippen LogP contribution < -0.4 is 5.32 Å². The lowest BCUT2D eigenvalue weighted by atomic mass is 10.3. The predicted molar refractivity (Wildman–Crippen MR) is 72.4 cm³/mol. The number of hydrogen-bond donors (Lipinski definition) is 2. The first-order valence-electron chi connectivity index (χ1n) is 5.53. The molecule has 1 saturated carbocycles. The van der Waals surface area contributed by atoms with Crippen molar-refractivity contribution in [2.24, 2.45) is 0 Å². The van der Waals surface area contributed by atoms with Crippen LogP contribution in [0.1, 0.15) is 12.8 Å². The standard InChI is InChI=1S/C12H14BrNO2S/c13-9-3-1-2-4-11(9)17-7-10(12(15)16)14-8-5-6-8/h1-4,8,10,14H,5-7H2,(H,15,16). The average Bonchev–Trinajstić information content (AvgIpc) is 3.09. The Balaban J connectivity index is 1.90. The van der Waals surface area contributed by atoms with Gasteiger partial charge in [-0.2, -0.15) is 0 Å². The van der Waals surface area contributed by atoms with Crippen LogP contribution in [0.3, 0.4) is 0 Å². The molecule has 0 saturated heterocycles. The third kappa shape index (κ3) is 4.01. The summed E-state index contributed by atoms with van der Waals surface area (Å²) in [6.07, 6.45) is 2.20. The molecule has 0 heterocycles. The maximum atomic E-state index is 11.1. The summed E-state index contributed by atoms with van der Waals surface area (Å²) >= 11 is 5.02. The molecule has 17 heavy (non-hydrogen) atoms. The van der Waals surface area contributed by atoms with Crippen molar-refractivity contribution in [3.05, 3.63) is 28.7 Å². The van der Waals surface area contributed by atoms with Gasteiger partial charge in [0.05, 0.1) is 0 Å². The molecule has 1 aromatic rings. The van der Waals surface area contributed by atoms with Crippen molar-refractivity contribution in [3.63, 3.8) is 0 Å². The molecule has 3 nitrogen and oxygen atoms in total. The molecular weight excluding hydrogens is 302 g/mol. The highest BCUT2D eigenvalue weighted by molar-refractivity contribution is 9.10. The molecule has 92 valence electrons. The van der Waals surface area contributed by atoms with E-state index in [2.05, 4.69) is 21.2 Å². The third-order valence-corrected chi connectivity index (χ3v) is 4.68. The summed E-state index contributed by atoms with van der Waals surface area (Å²) in [5.74, 6) is -0.217. The number of hydrogen-bond acceptors (Lipinski definition) is 3. The maximum Gasteiger partial charge on any atom is 0.321 e. The Bertz CT molecular complexity index is 409. The second-order valence-electron chi connectivity index (χ2n) is 4.07. The summed E-state index contributed by atoms with van der Waals surface area (Å²) in [6.45, 7) is 0. The van der Waals surface area contributed by atoms with Gasteiger partial charge in [-0.15, -0.1) is 11.8 Å². The normalized spacial score (nSPS) is 16.8. The molecule has 1 atom stereocenters. The average molecular weight is 316 g/mol. The third-order valence-electron chi connectivity index (χ3n) is 2.55. The molecule has 0 bridgehead atoms. The van der Waals surface area contributed by atoms with E-state index in [1.165, 1.54) is 0 Å². The summed E-state index contributed by atoms with van der Waals surface area (Å²) in [5, 5.41) is 12.3. The van der Waals surface area contributed by atoms with Crippen LogP contribution in [0.5, 0.6) is 0 Å². The van der Waals surface area contributed by atoms with E-state index in [0.717, 1.165) is 22.2 Å². The highest BCUT2D eigenvalue weighted by Crippen LogP contribution is 2.28. The van der Waals surface area contributed by atoms with Crippen LogP contribution >= 0.6 is 27.7 Å². The van der Waals surface area contributed by atoms with Crippen LogP contribution in [-0.4, -0.2) is 28.9 Å². The molecular formula is C12H14BrNO2S. The molecule has 1 fully saturated rings. The van der Waals surface area contributed by atoms with Gasteiger partial charge in [0.15, 0.2) is 0 Å². The Morgan fingerprint density at radius 1 is 1.53 bits per heavy atom. The van der Waals surface area contributed by atoms with E-state index in [-0.39, 0.29) is 0 Å². The highest BCUT2D eigenvalue weighted by atomic mass is 79.9. The van der Waals surface area contributed by atoms with Gasteiger partial charge >= 0.3 is 5.97 Å². The monoisotopic (exact) mass is 315 g/mol. The highest BCUT2D eigenvalue weighted by Gasteiger charge is 2.28. The van der Waals surface area contributed by atoms with Crippen LogP contribution in [0.4, 0.5) is 0 Å². The lowest BCUT2D eigenvalue weighted by molar-refractivity contribution is -0.138. The van der Waals surface area contributed by atoms with E-state index in [9.17, 15) is 4.79 Å². The molecule has 1 unspecified atom stereocenters. The van der Waals surface area contributed by atoms with Gasteiger partial charge < -0.3 is 10.4 Å². The van der Waals surface area contributed by atoms with Crippen LogP contribution in [0.2, 0.25) is 0 Å². The van der Waals surface area contributed by atoms with Gasteiger partial charge in [0.2, 0.25) is 0 Å². The fourth-order valence-electron chi connectivity index (χ4n) is 1.46. The Labute approximate surface area is 113 Å². The summed E-state index contributed by atoms with van der Waals surface area (Å²) < 4.78 is 1.01. The number of thioether (sulfide) groups is 1. The van der Waals surface area contributed by atoms with Crippen molar-refractivity contribution in [2.75, 3.05) is 5.75 Å². The smallest absolute Gasteiger partial charge is 0.321 e. The van der Waals surface area contributed by atoms with Gasteiger partial charge in [0, 0.05) is 21.2 Å². The number of aliphatic carboxylic acids is 1. The number of nitrogens with one attached hydrogen (secondary N) is 1. The molecule has 0 amide bonds. The zero-order valence-electron chi connectivity index (χ0n) is 9.23. The van der Waals surface area contributed by atoms with Gasteiger partial charge in [-0.3, -0.25) is 4.79 Å².